The third-order valence-corrected chi connectivity index (χ3v) is 6.06. The van der Waals surface area contributed by atoms with Gasteiger partial charge in [-0.25, -0.2) is 0 Å². The van der Waals surface area contributed by atoms with Crippen LogP contribution in [-0.4, -0.2) is 35.7 Å². The minimum absolute atomic E-state index is 0.164. The van der Waals surface area contributed by atoms with Crippen LogP contribution in [0.4, 0.5) is 0 Å². The van der Waals surface area contributed by atoms with Gasteiger partial charge in [0.25, 0.3) is 0 Å². The second-order valence-corrected chi connectivity index (χ2v) is 7.93. The quantitative estimate of drug-likeness (QED) is 0.571. The van der Waals surface area contributed by atoms with Crippen LogP contribution in [0.5, 0.6) is 0 Å². The average Bonchev–Trinajstić information content (AvgIpc) is 3.03. The fourth-order valence-corrected chi connectivity index (χ4v) is 4.48. The zero-order valence-electron chi connectivity index (χ0n) is 16.9. The molecule has 2 aliphatic rings. The predicted molar refractivity (Wildman–Crippen MR) is 114 cm³/mol. The largest absolute Gasteiger partial charge is 0.355 e. The van der Waals surface area contributed by atoms with Gasteiger partial charge in [-0.2, -0.15) is 0 Å². The molecule has 2 unspecified atom stereocenters. The summed E-state index contributed by atoms with van der Waals surface area (Å²) in [6.07, 6.45) is 5.80. The predicted octanol–water partition coefficient (Wildman–Crippen LogP) is 3.28. The van der Waals surface area contributed by atoms with Crippen LogP contribution in [0.2, 0.25) is 0 Å². The third kappa shape index (κ3) is 4.20. The highest BCUT2D eigenvalue weighted by molar-refractivity contribution is 6.07. The lowest BCUT2D eigenvalue weighted by molar-refractivity contribution is -0.143. The van der Waals surface area contributed by atoms with E-state index in [1.165, 1.54) is 11.1 Å². The number of hydrogen-bond donors (Lipinski definition) is 1. The van der Waals surface area contributed by atoms with E-state index in [0.717, 1.165) is 11.3 Å². The summed E-state index contributed by atoms with van der Waals surface area (Å²) in [6, 6.07) is 20.4. The van der Waals surface area contributed by atoms with E-state index in [-0.39, 0.29) is 42.0 Å². The van der Waals surface area contributed by atoms with E-state index in [2.05, 4.69) is 29.6 Å². The van der Waals surface area contributed by atoms with E-state index in [0.29, 0.717) is 19.4 Å². The van der Waals surface area contributed by atoms with Crippen LogP contribution in [-0.2, 0) is 14.4 Å². The minimum atomic E-state index is -0.296. The Morgan fingerprint density at radius 2 is 1.37 bits per heavy atom. The van der Waals surface area contributed by atoms with Crippen molar-refractivity contribution in [2.45, 2.75) is 25.2 Å². The number of carbonyl (C=O) groups excluding carboxylic acids is 3. The molecule has 5 nitrogen and oxygen atoms in total. The maximum Gasteiger partial charge on any atom is 0.240 e. The lowest BCUT2D eigenvalue weighted by atomic mass is 9.85. The molecule has 2 aromatic carbocycles. The smallest absolute Gasteiger partial charge is 0.240 e. The number of fused-ring (bicyclic) bond motifs is 1. The molecule has 2 aromatic rings. The number of benzene rings is 2. The molecule has 1 fully saturated rings. The van der Waals surface area contributed by atoms with E-state index >= 15 is 0 Å². The van der Waals surface area contributed by atoms with Crippen LogP contribution in [0, 0.1) is 11.8 Å². The molecule has 0 saturated carbocycles. The fraction of sp³-hybridized carbons (Fsp3) is 0.320. The molecular weight excluding hydrogens is 376 g/mol. The first kappa shape index (κ1) is 20.1. The first-order chi connectivity index (χ1) is 14.6. The summed E-state index contributed by atoms with van der Waals surface area (Å²) in [7, 11) is 0. The standard InChI is InChI=1S/C25H26N2O3/c28-23(17-27-24(29)21-13-7-8-14-22(21)25(27)30)26-16-15-20(18-9-3-1-4-10-18)19-11-5-2-6-12-19/h1-12,20-22H,13-17H2,(H,26,28). The first-order valence-corrected chi connectivity index (χ1v) is 10.5. The van der Waals surface area contributed by atoms with Gasteiger partial charge in [-0.15, -0.1) is 0 Å². The van der Waals surface area contributed by atoms with E-state index in [1.54, 1.807) is 0 Å². The number of hydrogen-bond acceptors (Lipinski definition) is 3. The molecular formula is C25H26N2O3. The van der Waals surface area contributed by atoms with E-state index in [4.69, 9.17) is 0 Å². The molecule has 4 rings (SSSR count). The zero-order chi connectivity index (χ0) is 20.9. The Labute approximate surface area is 176 Å². The summed E-state index contributed by atoms with van der Waals surface area (Å²) >= 11 is 0. The molecule has 0 aromatic heterocycles. The molecule has 1 heterocycles. The first-order valence-electron chi connectivity index (χ1n) is 10.5. The van der Waals surface area contributed by atoms with Crippen molar-refractivity contribution < 1.29 is 14.4 Å². The Morgan fingerprint density at radius 1 is 0.867 bits per heavy atom. The van der Waals surface area contributed by atoms with Crippen molar-refractivity contribution in [2.24, 2.45) is 11.8 Å². The molecule has 30 heavy (non-hydrogen) atoms. The number of likely N-dealkylation sites (tertiary alicyclic amines) is 1. The summed E-state index contributed by atoms with van der Waals surface area (Å²) in [5.41, 5.74) is 2.39. The Morgan fingerprint density at radius 3 is 1.87 bits per heavy atom. The van der Waals surface area contributed by atoms with Crippen LogP contribution in [0.25, 0.3) is 0 Å². The highest BCUT2D eigenvalue weighted by Gasteiger charge is 2.47. The average molecular weight is 402 g/mol. The summed E-state index contributed by atoms with van der Waals surface area (Å²) in [5, 5.41) is 2.90. The molecule has 3 amide bonds. The van der Waals surface area contributed by atoms with E-state index in [9.17, 15) is 14.4 Å². The Kier molecular flexibility index (Phi) is 6.07. The van der Waals surface area contributed by atoms with Gasteiger partial charge >= 0.3 is 0 Å². The molecule has 0 spiro atoms. The van der Waals surface area contributed by atoms with Crippen molar-refractivity contribution in [1.29, 1.82) is 0 Å². The van der Waals surface area contributed by atoms with Crippen molar-refractivity contribution in [3.8, 4) is 0 Å². The highest BCUT2D eigenvalue weighted by Crippen LogP contribution is 2.34. The number of carbonyl (C=O) groups is 3. The number of rotatable bonds is 7. The van der Waals surface area contributed by atoms with Gasteiger partial charge in [0.15, 0.2) is 0 Å². The van der Waals surface area contributed by atoms with Gasteiger partial charge in [0.05, 0.1) is 11.8 Å². The van der Waals surface area contributed by atoms with Crippen LogP contribution in [0.3, 0.4) is 0 Å². The molecule has 1 N–H and O–H groups in total. The van der Waals surface area contributed by atoms with Crippen LogP contribution < -0.4 is 5.32 Å². The number of imide groups is 1. The molecule has 2 atom stereocenters. The zero-order valence-corrected chi connectivity index (χ0v) is 16.9. The van der Waals surface area contributed by atoms with Gasteiger partial charge in [-0.3, -0.25) is 19.3 Å². The molecule has 0 radical (unpaired) electrons. The lowest BCUT2D eigenvalue weighted by Gasteiger charge is -2.19. The third-order valence-electron chi connectivity index (χ3n) is 6.06. The van der Waals surface area contributed by atoms with Crippen LogP contribution >= 0.6 is 0 Å². The molecule has 0 bridgehead atoms. The summed E-state index contributed by atoms with van der Waals surface area (Å²) in [5.74, 6) is -1.14. The van der Waals surface area contributed by atoms with Crippen molar-refractivity contribution in [3.63, 3.8) is 0 Å². The van der Waals surface area contributed by atoms with Gasteiger partial charge in [0, 0.05) is 12.5 Å². The Hall–Kier alpha value is -3.21. The van der Waals surface area contributed by atoms with Gasteiger partial charge in [-0.1, -0.05) is 72.8 Å². The maximum absolute atomic E-state index is 12.5. The number of amides is 3. The maximum atomic E-state index is 12.5. The SMILES string of the molecule is O=C(CN1C(=O)C2CC=CCC2C1=O)NCCC(c1ccccc1)c1ccccc1. The molecule has 1 aliphatic carbocycles. The van der Waals surface area contributed by atoms with Crippen molar-refractivity contribution in [2.75, 3.05) is 13.1 Å². The monoisotopic (exact) mass is 402 g/mol. The topological polar surface area (TPSA) is 66.5 Å². The number of nitrogens with one attached hydrogen (secondary N) is 1. The molecule has 1 aliphatic heterocycles. The summed E-state index contributed by atoms with van der Waals surface area (Å²) in [6.45, 7) is 0.282. The van der Waals surface area contributed by atoms with Gasteiger partial charge < -0.3 is 5.32 Å². The summed E-state index contributed by atoms with van der Waals surface area (Å²) < 4.78 is 0. The number of nitrogens with zero attached hydrogens (tertiary/aromatic N) is 1. The second-order valence-electron chi connectivity index (χ2n) is 7.93. The van der Waals surface area contributed by atoms with Crippen LogP contribution in [0.1, 0.15) is 36.3 Å². The van der Waals surface area contributed by atoms with E-state index in [1.807, 2.05) is 48.6 Å². The Balaban J connectivity index is 1.35. The van der Waals surface area contributed by atoms with Gasteiger partial charge in [0.1, 0.15) is 6.54 Å². The highest BCUT2D eigenvalue weighted by atomic mass is 16.2. The van der Waals surface area contributed by atoms with Gasteiger partial charge in [-0.05, 0) is 30.4 Å². The number of allylic oxidation sites excluding steroid dienone is 2. The lowest BCUT2D eigenvalue weighted by Crippen LogP contribution is -2.41. The summed E-state index contributed by atoms with van der Waals surface area (Å²) in [4.78, 5) is 38.7. The molecule has 154 valence electrons. The molecule has 1 saturated heterocycles. The normalized spacial score (nSPS) is 20.5. The van der Waals surface area contributed by atoms with Gasteiger partial charge in [0.2, 0.25) is 17.7 Å². The van der Waals surface area contributed by atoms with Crippen molar-refractivity contribution in [3.05, 3.63) is 83.9 Å². The fourth-order valence-electron chi connectivity index (χ4n) is 4.48. The van der Waals surface area contributed by atoms with Crippen molar-refractivity contribution >= 4 is 17.7 Å². The Bertz CT molecular complexity index is 874. The van der Waals surface area contributed by atoms with Crippen LogP contribution in [0.15, 0.2) is 72.8 Å². The second kappa shape index (κ2) is 9.08. The van der Waals surface area contributed by atoms with Crippen molar-refractivity contribution in [1.82, 2.24) is 10.2 Å². The minimum Gasteiger partial charge on any atom is -0.355 e. The molecule has 5 heteroatoms. The van der Waals surface area contributed by atoms with E-state index < -0.39 is 0 Å².